The van der Waals surface area contributed by atoms with Gasteiger partial charge in [0.2, 0.25) is 0 Å². The van der Waals surface area contributed by atoms with Crippen molar-refractivity contribution < 1.29 is 4.39 Å². The van der Waals surface area contributed by atoms with Gasteiger partial charge in [-0.2, -0.15) is 5.10 Å². The number of nitrogens with one attached hydrogen (secondary N) is 1. The summed E-state index contributed by atoms with van der Waals surface area (Å²) in [5.41, 5.74) is 3.03. The van der Waals surface area contributed by atoms with Crippen LogP contribution >= 0.6 is 0 Å². The number of rotatable bonds is 5. The molecule has 0 atom stereocenters. The summed E-state index contributed by atoms with van der Waals surface area (Å²) in [7, 11) is 0. The molecule has 0 aliphatic rings. The molecule has 0 amide bonds. The van der Waals surface area contributed by atoms with E-state index in [-0.39, 0.29) is 5.82 Å². The predicted molar refractivity (Wildman–Crippen MR) is 75.3 cm³/mol. The van der Waals surface area contributed by atoms with Gasteiger partial charge < -0.3 is 5.32 Å². The molecule has 102 valence electrons. The Morgan fingerprint density at radius 3 is 2.79 bits per heavy atom. The minimum Gasteiger partial charge on any atom is -0.310 e. The quantitative estimate of drug-likeness (QED) is 0.895. The van der Waals surface area contributed by atoms with Gasteiger partial charge >= 0.3 is 0 Å². The zero-order chi connectivity index (χ0) is 13.8. The lowest BCUT2D eigenvalue weighted by molar-refractivity contribution is 0.582. The van der Waals surface area contributed by atoms with E-state index in [1.54, 1.807) is 6.07 Å². The van der Waals surface area contributed by atoms with E-state index in [0.717, 1.165) is 23.2 Å². The number of halogens is 1. The molecule has 1 heterocycles. The average Bonchev–Trinajstić information content (AvgIpc) is 2.85. The second kappa shape index (κ2) is 5.97. The lowest BCUT2D eigenvalue weighted by Crippen LogP contribution is -2.22. The van der Waals surface area contributed by atoms with Crippen LogP contribution in [0.2, 0.25) is 0 Å². The van der Waals surface area contributed by atoms with Gasteiger partial charge in [0.15, 0.2) is 0 Å². The van der Waals surface area contributed by atoms with E-state index in [9.17, 15) is 4.39 Å². The Kier molecular flexibility index (Phi) is 4.32. The normalized spacial score (nSPS) is 11.2. The van der Waals surface area contributed by atoms with Gasteiger partial charge in [0.05, 0.1) is 6.20 Å². The second-order valence-electron chi connectivity index (χ2n) is 4.92. The van der Waals surface area contributed by atoms with E-state index in [2.05, 4.69) is 24.3 Å². The Balaban J connectivity index is 2.32. The van der Waals surface area contributed by atoms with Crippen molar-refractivity contribution in [1.82, 2.24) is 15.1 Å². The Hall–Kier alpha value is -1.68. The van der Waals surface area contributed by atoms with Gasteiger partial charge in [-0.25, -0.2) is 4.39 Å². The summed E-state index contributed by atoms with van der Waals surface area (Å²) < 4.78 is 15.3. The second-order valence-corrected chi connectivity index (χ2v) is 4.92. The molecule has 0 radical (unpaired) electrons. The third-order valence-corrected chi connectivity index (χ3v) is 3.04. The molecule has 4 heteroatoms. The van der Waals surface area contributed by atoms with E-state index in [1.165, 1.54) is 6.07 Å². The first-order valence-electron chi connectivity index (χ1n) is 6.64. The van der Waals surface area contributed by atoms with Crippen LogP contribution in [0.4, 0.5) is 4.39 Å². The maximum atomic E-state index is 13.4. The molecule has 19 heavy (non-hydrogen) atoms. The number of aromatic nitrogens is 2. The van der Waals surface area contributed by atoms with Crippen molar-refractivity contribution in [3.63, 3.8) is 0 Å². The molecule has 3 nitrogen and oxygen atoms in total. The molecule has 0 aliphatic carbocycles. The average molecular weight is 261 g/mol. The Morgan fingerprint density at radius 1 is 1.37 bits per heavy atom. The van der Waals surface area contributed by atoms with Crippen LogP contribution in [0.5, 0.6) is 0 Å². The fourth-order valence-electron chi connectivity index (χ4n) is 1.98. The van der Waals surface area contributed by atoms with E-state index in [4.69, 9.17) is 0 Å². The zero-order valence-electron chi connectivity index (χ0n) is 11.7. The molecule has 1 aromatic carbocycles. The largest absolute Gasteiger partial charge is 0.310 e. The molecule has 0 saturated carbocycles. The molecule has 0 saturated heterocycles. The molecule has 0 bridgehead atoms. The Bertz CT molecular complexity index is 546. The van der Waals surface area contributed by atoms with Crippen LogP contribution in [0.15, 0.2) is 30.6 Å². The molecule has 0 aliphatic heterocycles. The maximum Gasteiger partial charge on any atom is 0.123 e. The van der Waals surface area contributed by atoms with Gasteiger partial charge in [-0.3, -0.25) is 4.68 Å². The van der Waals surface area contributed by atoms with Gasteiger partial charge in [-0.15, -0.1) is 0 Å². The summed E-state index contributed by atoms with van der Waals surface area (Å²) >= 11 is 0. The molecule has 1 aromatic heterocycles. The summed E-state index contributed by atoms with van der Waals surface area (Å²) in [6.07, 6.45) is 3.82. The lowest BCUT2D eigenvalue weighted by atomic mass is 10.0. The van der Waals surface area contributed by atoms with Crippen molar-refractivity contribution in [3.05, 3.63) is 42.0 Å². The third-order valence-electron chi connectivity index (χ3n) is 3.04. The monoisotopic (exact) mass is 261 g/mol. The Morgan fingerprint density at radius 2 is 2.16 bits per heavy atom. The maximum absolute atomic E-state index is 13.4. The number of nitrogens with zero attached hydrogens (tertiary/aromatic N) is 2. The number of benzene rings is 1. The zero-order valence-corrected chi connectivity index (χ0v) is 11.7. The highest BCUT2D eigenvalue weighted by Crippen LogP contribution is 2.24. The van der Waals surface area contributed by atoms with Crippen molar-refractivity contribution in [3.8, 4) is 11.1 Å². The molecule has 0 fully saturated rings. The van der Waals surface area contributed by atoms with Crippen LogP contribution < -0.4 is 5.32 Å². The van der Waals surface area contributed by atoms with Crippen molar-refractivity contribution in [2.45, 2.75) is 39.9 Å². The minimum atomic E-state index is -0.202. The first-order chi connectivity index (χ1) is 9.10. The highest BCUT2D eigenvalue weighted by molar-refractivity contribution is 5.66. The Labute approximate surface area is 113 Å². The SMILES string of the molecule is CCn1cc(-c2ccc(F)cc2CNC(C)C)cn1. The van der Waals surface area contributed by atoms with Crippen LogP contribution in [-0.4, -0.2) is 15.8 Å². The molecule has 2 rings (SSSR count). The first-order valence-corrected chi connectivity index (χ1v) is 6.64. The molecule has 0 unspecified atom stereocenters. The molecule has 0 spiro atoms. The summed E-state index contributed by atoms with van der Waals surface area (Å²) in [4.78, 5) is 0. The minimum absolute atomic E-state index is 0.202. The smallest absolute Gasteiger partial charge is 0.123 e. The summed E-state index contributed by atoms with van der Waals surface area (Å²) in [5.74, 6) is -0.202. The van der Waals surface area contributed by atoms with Crippen molar-refractivity contribution in [2.24, 2.45) is 0 Å². The fraction of sp³-hybridized carbons (Fsp3) is 0.400. The van der Waals surface area contributed by atoms with Crippen molar-refractivity contribution in [1.29, 1.82) is 0 Å². The van der Waals surface area contributed by atoms with E-state index in [0.29, 0.717) is 12.6 Å². The van der Waals surface area contributed by atoms with Gasteiger partial charge in [-0.05, 0) is 30.2 Å². The number of hydrogen-bond donors (Lipinski definition) is 1. The van der Waals surface area contributed by atoms with E-state index < -0.39 is 0 Å². The van der Waals surface area contributed by atoms with Crippen molar-refractivity contribution >= 4 is 0 Å². The third kappa shape index (κ3) is 3.41. The topological polar surface area (TPSA) is 29.9 Å². The summed E-state index contributed by atoms with van der Waals surface area (Å²) in [6, 6.07) is 5.28. The van der Waals surface area contributed by atoms with E-state index >= 15 is 0 Å². The van der Waals surface area contributed by atoms with Gasteiger partial charge in [0.25, 0.3) is 0 Å². The summed E-state index contributed by atoms with van der Waals surface area (Å²) in [6.45, 7) is 7.69. The van der Waals surface area contributed by atoms with Crippen LogP contribution in [0.25, 0.3) is 11.1 Å². The number of aryl methyl sites for hydroxylation is 1. The molecular formula is C15H20FN3. The molecular weight excluding hydrogens is 241 g/mol. The fourth-order valence-corrected chi connectivity index (χ4v) is 1.98. The van der Waals surface area contributed by atoms with Gasteiger partial charge in [0, 0.05) is 30.9 Å². The highest BCUT2D eigenvalue weighted by atomic mass is 19.1. The van der Waals surface area contributed by atoms with Crippen LogP contribution in [0, 0.1) is 5.82 Å². The van der Waals surface area contributed by atoms with Crippen LogP contribution in [0.1, 0.15) is 26.3 Å². The van der Waals surface area contributed by atoms with Gasteiger partial charge in [-0.1, -0.05) is 19.9 Å². The summed E-state index contributed by atoms with van der Waals surface area (Å²) in [5, 5.41) is 7.60. The van der Waals surface area contributed by atoms with Gasteiger partial charge in [0.1, 0.15) is 5.82 Å². The molecule has 1 N–H and O–H groups in total. The van der Waals surface area contributed by atoms with E-state index in [1.807, 2.05) is 30.1 Å². The predicted octanol–water partition coefficient (Wildman–Crippen LogP) is 3.21. The lowest BCUT2D eigenvalue weighted by Gasteiger charge is -2.12. The standard InChI is InChI=1S/C15H20FN3/c1-4-19-10-13(9-18-19)15-6-5-14(16)7-12(15)8-17-11(2)3/h5-7,9-11,17H,4,8H2,1-3H3. The van der Waals surface area contributed by atoms with Crippen molar-refractivity contribution in [2.75, 3.05) is 0 Å². The highest BCUT2D eigenvalue weighted by Gasteiger charge is 2.09. The molecule has 2 aromatic rings. The van der Waals surface area contributed by atoms with Crippen LogP contribution in [0.3, 0.4) is 0 Å². The number of hydrogen-bond acceptors (Lipinski definition) is 2. The first kappa shape index (κ1) is 13.7. The van der Waals surface area contributed by atoms with Crippen LogP contribution in [-0.2, 0) is 13.1 Å².